The highest BCUT2D eigenvalue weighted by molar-refractivity contribution is 5.96. The Bertz CT molecular complexity index is 773. The average molecular weight is 383 g/mol. The lowest BCUT2D eigenvalue weighted by Crippen LogP contribution is -2.44. The molecule has 5 nitrogen and oxygen atoms in total. The number of ether oxygens (including phenoxy) is 1. The fourth-order valence-corrected chi connectivity index (χ4v) is 3.95. The molecule has 1 fully saturated rings. The number of hydrogen-bond acceptors (Lipinski definition) is 4. The molecule has 0 aliphatic heterocycles. The van der Waals surface area contributed by atoms with Crippen LogP contribution in [0.2, 0.25) is 0 Å². The van der Waals surface area contributed by atoms with Gasteiger partial charge in [-0.2, -0.15) is 0 Å². The third-order valence-electron chi connectivity index (χ3n) is 5.57. The van der Waals surface area contributed by atoms with E-state index in [2.05, 4.69) is 5.32 Å². The second kappa shape index (κ2) is 9.71. The maximum atomic E-state index is 12.6. The van der Waals surface area contributed by atoms with Gasteiger partial charge < -0.3 is 20.9 Å². The highest BCUT2D eigenvalue weighted by Gasteiger charge is 2.27. The number of carbonyl (C=O) groups is 1. The molecule has 2 atom stereocenters. The topological polar surface area (TPSA) is 84.6 Å². The van der Waals surface area contributed by atoms with Crippen LogP contribution in [0.25, 0.3) is 11.1 Å². The SMILES string of the molecule is COc1ccc(-c2ccccc2)cc1NC(=O)C(O)[C@H](N)CC1CCCCC1. The largest absolute Gasteiger partial charge is 0.495 e. The predicted octanol–water partition coefficient (Wildman–Crippen LogP) is 3.96. The number of carbonyl (C=O) groups excluding carboxylic acids is 1. The van der Waals surface area contributed by atoms with Crippen LogP contribution in [0.1, 0.15) is 38.5 Å². The van der Waals surface area contributed by atoms with E-state index in [1.165, 1.54) is 19.3 Å². The molecule has 150 valence electrons. The zero-order chi connectivity index (χ0) is 19.9. The number of nitrogens with one attached hydrogen (secondary N) is 1. The van der Waals surface area contributed by atoms with Crippen LogP contribution in [0.15, 0.2) is 48.5 Å². The molecule has 0 saturated heterocycles. The molecule has 2 aromatic rings. The first-order valence-electron chi connectivity index (χ1n) is 10.1. The summed E-state index contributed by atoms with van der Waals surface area (Å²) in [5, 5.41) is 13.2. The van der Waals surface area contributed by atoms with Crippen molar-refractivity contribution in [2.24, 2.45) is 11.7 Å². The summed E-state index contributed by atoms with van der Waals surface area (Å²) in [5.41, 5.74) is 8.67. The van der Waals surface area contributed by atoms with Crippen LogP contribution < -0.4 is 15.8 Å². The van der Waals surface area contributed by atoms with Crippen molar-refractivity contribution in [3.63, 3.8) is 0 Å². The minimum atomic E-state index is -1.24. The lowest BCUT2D eigenvalue weighted by Gasteiger charge is -2.26. The van der Waals surface area contributed by atoms with Gasteiger partial charge in [-0.1, -0.05) is 68.5 Å². The van der Waals surface area contributed by atoms with E-state index in [4.69, 9.17) is 10.5 Å². The van der Waals surface area contributed by atoms with Crippen molar-refractivity contribution >= 4 is 11.6 Å². The number of aliphatic hydroxyl groups is 1. The Kier molecular flexibility index (Phi) is 7.06. The first-order valence-corrected chi connectivity index (χ1v) is 10.1. The summed E-state index contributed by atoms with van der Waals surface area (Å²) < 4.78 is 5.37. The number of methoxy groups -OCH3 is 1. The quantitative estimate of drug-likeness (QED) is 0.677. The molecule has 1 unspecified atom stereocenters. The standard InChI is InChI=1S/C23H30N2O3/c1-28-21-13-12-18(17-10-6-3-7-11-17)15-20(21)25-23(27)22(26)19(24)14-16-8-4-2-5-9-16/h3,6-7,10-13,15-16,19,22,26H,2,4-5,8-9,14,24H2,1H3,(H,25,27)/t19-,22?/m1/s1. The van der Waals surface area contributed by atoms with E-state index in [1.807, 2.05) is 48.5 Å². The van der Waals surface area contributed by atoms with Gasteiger partial charge in [-0.05, 0) is 35.6 Å². The van der Waals surface area contributed by atoms with Gasteiger partial charge in [0.2, 0.25) is 0 Å². The molecule has 0 aromatic heterocycles. The molecule has 0 bridgehead atoms. The normalized spacial score (nSPS) is 17.0. The van der Waals surface area contributed by atoms with E-state index >= 15 is 0 Å². The van der Waals surface area contributed by atoms with Crippen LogP contribution in [0.4, 0.5) is 5.69 Å². The second-order valence-corrected chi connectivity index (χ2v) is 7.62. The molecule has 1 saturated carbocycles. The fraction of sp³-hybridized carbons (Fsp3) is 0.435. The summed E-state index contributed by atoms with van der Waals surface area (Å²) in [7, 11) is 1.55. The molecular weight excluding hydrogens is 352 g/mol. The highest BCUT2D eigenvalue weighted by atomic mass is 16.5. The first-order chi connectivity index (χ1) is 13.6. The van der Waals surface area contributed by atoms with Crippen LogP contribution >= 0.6 is 0 Å². The lowest BCUT2D eigenvalue weighted by atomic mass is 9.84. The molecule has 4 N–H and O–H groups in total. The van der Waals surface area contributed by atoms with Gasteiger partial charge in [0.15, 0.2) is 0 Å². The summed E-state index contributed by atoms with van der Waals surface area (Å²) in [5.74, 6) is 0.551. The van der Waals surface area contributed by atoms with E-state index in [1.54, 1.807) is 7.11 Å². The minimum Gasteiger partial charge on any atom is -0.495 e. The van der Waals surface area contributed by atoms with Gasteiger partial charge in [0.05, 0.1) is 12.8 Å². The van der Waals surface area contributed by atoms with Gasteiger partial charge in [0, 0.05) is 6.04 Å². The van der Waals surface area contributed by atoms with E-state index in [0.717, 1.165) is 24.0 Å². The number of benzene rings is 2. The molecule has 0 spiro atoms. The van der Waals surface area contributed by atoms with Gasteiger partial charge in [0.1, 0.15) is 11.9 Å². The predicted molar refractivity (Wildman–Crippen MR) is 112 cm³/mol. The molecule has 2 aromatic carbocycles. The zero-order valence-electron chi connectivity index (χ0n) is 16.4. The van der Waals surface area contributed by atoms with E-state index in [-0.39, 0.29) is 0 Å². The van der Waals surface area contributed by atoms with Crippen molar-refractivity contribution < 1.29 is 14.6 Å². The van der Waals surface area contributed by atoms with Gasteiger partial charge in [0.25, 0.3) is 5.91 Å². The Morgan fingerprint density at radius 2 is 1.86 bits per heavy atom. The summed E-state index contributed by atoms with van der Waals surface area (Å²) in [4.78, 5) is 12.6. The smallest absolute Gasteiger partial charge is 0.254 e. The maximum absolute atomic E-state index is 12.6. The lowest BCUT2D eigenvalue weighted by molar-refractivity contribution is -0.125. The average Bonchev–Trinajstić information content (AvgIpc) is 2.74. The molecule has 5 heteroatoms. The molecule has 28 heavy (non-hydrogen) atoms. The first kappa shape index (κ1) is 20.4. The van der Waals surface area contributed by atoms with Crippen LogP contribution in [-0.2, 0) is 4.79 Å². The molecular formula is C23H30N2O3. The summed E-state index contributed by atoms with van der Waals surface area (Å²) in [6.45, 7) is 0. The summed E-state index contributed by atoms with van der Waals surface area (Å²) in [6, 6.07) is 14.9. The van der Waals surface area contributed by atoms with Crippen molar-refractivity contribution in [2.75, 3.05) is 12.4 Å². The van der Waals surface area contributed by atoms with Crippen LogP contribution in [-0.4, -0.2) is 30.3 Å². The number of nitrogens with two attached hydrogens (primary N) is 1. The Morgan fingerprint density at radius 3 is 2.54 bits per heavy atom. The van der Waals surface area contributed by atoms with E-state index < -0.39 is 18.1 Å². The minimum absolute atomic E-state index is 0.494. The van der Waals surface area contributed by atoms with Crippen LogP contribution in [0.5, 0.6) is 5.75 Å². The van der Waals surface area contributed by atoms with Crippen LogP contribution in [0.3, 0.4) is 0 Å². The van der Waals surface area contributed by atoms with Crippen molar-refractivity contribution in [1.82, 2.24) is 0 Å². The van der Waals surface area contributed by atoms with E-state index in [9.17, 15) is 9.90 Å². The monoisotopic (exact) mass is 382 g/mol. The third kappa shape index (κ3) is 5.12. The second-order valence-electron chi connectivity index (χ2n) is 7.62. The van der Waals surface area contributed by atoms with E-state index in [0.29, 0.717) is 23.8 Å². The van der Waals surface area contributed by atoms with Gasteiger partial charge in [-0.3, -0.25) is 4.79 Å². The van der Waals surface area contributed by atoms with Crippen molar-refractivity contribution in [3.05, 3.63) is 48.5 Å². The molecule has 0 heterocycles. The van der Waals surface area contributed by atoms with Crippen molar-refractivity contribution in [1.29, 1.82) is 0 Å². The number of amides is 1. The zero-order valence-corrected chi connectivity index (χ0v) is 16.4. The number of rotatable bonds is 7. The Morgan fingerprint density at radius 1 is 1.14 bits per heavy atom. The van der Waals surface area contributed by atoms with Gasteiger partial charge >= 0.3 is 0 Å². The van der Waals surface area contributed by atoms with Crippen molar-refractivity contribution in [3.8, 4) is 16.9 Å². The number of anilines is 1. The fourth-order valence-electron chi connectivity index (χ4n) is 3.95. The van der Waals surface area contributed by atoms with Crippen molar-refractivity contribution in [2.45, 2.75) is 50.7 Å². The maximum Gasteiger partial charge on any atom is 0.254 e. The summed E-state index contributed by atoms with van der Waals surface area (Å²) in [6.07, 6.45) is 5.39. The summed E-state index contributed by atoms with van der Waals surface area (Å²) >= 11 is 0. The molecule has 1 amide bonds. The Hall–Kier alpha value is -2.37. The third-order valence-corrected chi connectivity index (χ3v) is 5.57. The molecule has 0 radical (unpaired) electrons. The number of hydrogen-bond donors (Lipinski definition) is 3. The highest BCUT2D eigenvalue weighted by Crippen LogP contribution is 2.31. The Balaban J connectivity index is 1.69. The molecule has 3 rings (SSSR count). The van der Waals surface area contributed by atoms with Crippen LogP contribution in [0, 0.1) is 5.92 Å². The van der Waals surface area contributed by atoms with Gasteiger partial charge in [-0.15, -0.1) is 0 Å². The molecule has 1 aliphatic rings. The molecule has 1 aliphatic carbocycles. The van der Waals surface area contributed by atoms with Gasteiger partial charge in [-0.25, -0.2) is 0 Å². The number of aliphatic hydroxyl groups excluding tert-OH is 1. The Labute approximate surface area is 166 Å².